The van der Waals surface area contributed by atoms with Gasteiger partial charge in [-0.2, -0.15) is 0 Å². The van der Waals surface area contributed by atoms with Crippen LogP contribution in [0.15, 0.2) is 15.8 Å². The largest absolute Gasteiger partial charge is 0.328 e. The Morgan fingerprint density at radius 1 is 1.29 bits per heavy atom. The highest BCUT2D eigenvalue weighted by molar-refractivity contribution is 5.93. The lowest BCUT2D eigenvalue weighted by Gasteiger charge is -2.23. The maximum absolute atomic E-state index is 11.7. The van der Waals surface area contributed by atoms with Crippen molar-refractivity contribution in [3.63, 3.8) is 0 Å². The highest BCUT2D eigenvalue weighted by Crippen LogP contribution is 2.26. The first-order chi connectivity index (χ1) is 8.09. The number of rotatable bonds is 2. The molecular formula is C12H16N2O3. The van der Waals surface area contributed by atoms with Crippen molar-refractivity contribution in [2.75, 3.05) is 0 Å². The second kappa shape index (κ2) is 4.69. The van der Waals surface area contributed by atoms with E-state index in [9.17, 15) is 14.4 Å². The molecule has 2 rings (SSSR count). The van der Waals surface area contributed by atoms with E-state index in [1.54, 1.807) is 0 Å². The Hall–Kier alpha value is -1.65. The van der Waals surface area contributed by atoms with E-state index in [-0.39, 0.29) is 17.4 Å². The second-order valence-corrected chi connectivity index (χ2v) is 4.56. The second-order valence-electron chi connectivity index (χ2n) is 4.56. The third-order valence-electron chi connectivity index (χ3n) is 3.32. The molecule has 1 heterocycles. The summed E-state index contributed by atoms with van der Waals surface area (Å²) < 4.78 is 1.51. The minimum Gasteiger partial charge on any atom is -0.297 e. The minimum absolute atomic E-state index is 0.0650. The number of ketones is 1. The number of H-pyrrole nitrogens is 1. The van der Waals surface area contributed by atoms with Crippen molar-refractivity contribution < 1.29 is 4.79 Å². The first-order valence-electron chi connectivity index (χ1n) is 5.96. The van der Waals surface area contributed by atoms with Crippen molar-refractivity contribution >= 4 is 5.78 Å². The quantitative estimate of drug-likeness (QED) is 0.785. The molecule has 1 aliphatic carbocycles. The molecule has 1 aliphatic rings. The topological polar surface area (TPSA) is 71.9 Å². The fourth-order valence-corrected chi connectivity index (χ4v) is 2.37. The zero-order chi connectivity index (χ0) is 12.4. The molecule has 0 amide bonds. The van der Waals surface area contributed by atoms with Crippen LogP contribution in [0.1, 0.15) is 55.4 Å². The van der Waals surface area contributed by atoms with Crippen LogP contribution >= 0.6 is 0 Å². The molecule has 1 N–H and O–H groups in total. The first kappa shape index (κ1) is 11.8. The Labute approximate surface area is 98.5 Å². The minimum atomic E-state index is -0.588. The summed E-state index contributed by atoms with van der Waals surface area (Å²) in [6, 6.07) is 0.117. The molecule has 92 valence electrons. The van der Waals surface area contributed by atoms with E-state index in [4.69, 9.17) is 0 Å². The molecule has 0 unspecified atom stereocenters. The summed E-state index contributed by atoms with van der Waals surface area (Å²) in [5, 5.41) is 0. The number of hydrogen-bond acceptors (Lipinski definition) is 3. The van der Waals surface area contributed by atoms with E-state index in [0.717, 1.165) is 25.7 Å². The smallest absolute Gasteiger partial charge is 0.297 e. The molecule has 0 spiro atoms. The van der Waals surface area contributed by atoms with E-state index in [0.29, 0.717) is 0 Å². The molecule has 1 saturated carbocycles. The van der Waals surface area contributed by atoms with Crippen LogP contribution in [-0.4, -0.2) is 15.3 Å². The number of hydrogen-bond donors (Lipinski definition) is 1. The van der Waals surface area contributed by atoms with Crippen LogP contribution in [0.4, 0.5) is 0 Å². The van der Waals surface area contributed by atoms with Gasteiger partial charge in [0.25, 0.3) is 5.56 Å². The van der Waals surface area contributed by atoms with Gasteiger partial charge in [0, 0.05) is 12.2 Å². The van der Waals surface area contributed by atoms with Crippen molar-refractivity contribution in [1.29, 1.82) is 0 Å². The van der Waals surface area contributed by atoms with Gasteiger partial charge >= 0.3 is 5.69 Å². The van der Waals surface area contributed by atoms with Gasteiger partial charge < -0.3 is 0 Å². The Balaban J connectivity index is 2.46. The number of carbonyl (C=O) groups is 1. The predicted molar refractivity (Wildman–Crippen MR) is 63.4 cm³/mol. The predicted octanol–water partition coefficient (Wildman–Crippen LogP) is 1.24. The highest BCUT2D eigenvalue weighted by atomic mass is 16.2. The average Bonchev–Trinajstić information content (AvgIpc) is 2.29. The molecule has 0 bridgehead atoms. The van der Waals surface area contributed by atoms with Crippen LogP contribution in [-0.2, 0) is 0 Å². The molecule has 0 aliphatic heterocycles. The van der Waals surface area contributed by atoms with Gasteiger partial charge in [0.15, 0.2) is 5.78 Å². The summed E-state index contributed by atoms with van der Waals surface area (Å²) in [5.41, 5.74) is -0.934. The number of carbonyl (C=O) groups excluding carboxylic acids is 1. The van der Waals surface area contributed by atoms with Gasteiger partial charge in [0.05, 0.1) is 5.56 Å². The average molecular weight is 236 g/mol. The fraction of sp³-hybridized carbons (Fsp3) is 0.583. The van der Waals surface area contributed by atoms with Crippen LogP contribution < -0.4 is 11.2 Å². The third kappa shape index (κ3) is 2.38. The lowest BCUT2D eigenvalue weighted by Crippen LogP contribution is -2.35. The zero-order valence-electron chi connectivity index (χ0n) is 9.86. The summed E-state index contributed by atoms with van der Waals surface area (Å²) >= 11 is 0. The number of aromatic nitrogens is 2. The Morgan fingerprint density at radius 3 is 2.53 bits per heavy atom. The normalized spacial score (nSPS) is 17.0. The van der Waals surface area contributed by atoms with Crippen molar-refractivity contribution in [1.82, 2.24) is 9.55 Å². The summed E-state index contributed by atoms with van der Waals surface area (Å²) in [7, 11) is 0. The Morgan fingerprint density at radius 2 is 1.94 bits per heavy atom. The number of Topliss-reactive ketones (excluding diaryl/α,β-unsaturated/α-hetero) is 1. The third-order valence-corrected chi connectivity index (χ3v) is 3.32. The standard InChI is InChI=1S/C12H16N2O3/c1-8(15)10-7-14(12(17)13-11(10)16)9-5-3-2-4-6-9/h7,9H,2-6H2,1H3,(H,13,16,17). The van der Waals surface area contributed by atoms with Gasteiger partial charge in [-0.25, -0.2) is 4.79 Å². The molecule has 0 atom stereocenters. The van der Waals surface area contributed by atoms with Crippen molar-refractivity contribution in [3.8, 4) is 0 Å². The summed E-state index contributed by atoms with van der Waals surface area (Å²) in [4.78, 5) is 36.6. The maximum atomic E-state index is 11.7. The molecule has 0 aromatic carbocycles. The van der Waals surface area contributed by atoms with E-state index in [1.807, 2.05) is 0 Å². The summed E-state index contributed by atoms with van der Waals surface area (Å²) in [5.74, 6) is -0.309. The molecule has 1 aromatic heterocycles. The van der Waals surface area contributed by atoms with Gasteiger partial charge in [-0.15, -0.1) is 0 Å². The first-order valence-corrected chi connectivity index (χ1v) is 5.96. The zero-order valence-corrected chi connectivity index (χ0v) is 9.86. The Bertz CT molecular complexity index is 535. The highest BCUT2D eigenvalue weighted by Gasteiger charge is 2.18. The van der Waals surface area contributed by atoms with E-state index in [2.05, 4.69) is 4.98 Å². The monoisotopic (exact) mass is 236 g/mol. The van der Waals surface area contributed by atoms with Crippen LogP contribution in [0.3, 0.4) is 0 Å². The van der Waals surface area contributed by atoms with Crippen LogP contribution in [0, 0.1) is 0 Å². The lowest BCUT2D eigenvalue weighted by molar-refractivity contribution is 0.101. The number of nitrogens with zero attached hydrogens (tertiary/aromatic N) is 1. The molecular weight excluding hydrogens is 220 g/mol. The van der Waals surface area contributed by atoms with Crippen molar-refractivity contribution in [2.45, 2.75) is 45.1 Å². The maximum Gasteiger partial charge on any atom is 0.328 e. The van der Waals surface area contributed by atoms with Crippen LogP contribution in [0.5, 0.6) is 0 Å². The summed E-state index contributed by atoms with van der Waals surface area (Å²) in [6.07, 6.45) is 6.65. The fourth-order valence-electron chi connectivity index (χ4n) is 2.37. The molecule has 1 aromatic rings. The van der Waals surface area contributed by atoms with Gasteiger partial charge in [-0.05, 0) is 19.8 Å². The Kier molecular flexibility index (Phi) is 3.26. The SMILES string of the molecule is CC(=O)c1cn(C2CCCCC2)c(=O)[nH]c1=O. The van der Waals surface area contributed by atoms with Crippen LogP contribution in [0.25, 0.3) is 0 Å². The molecule has 5 heteroatoms. The van der Waals surface area contributed by atoms with E-state index in [1.165, 1.54) is 24.1 Å². The van der Waals surface area contributed by atoms with Gasteiger partial charge in [0.2, 0.25) is 0 Å². The molecule has 1 fully saturated rings. The van der Waals surface area contributed by atoms with E-state index < -0.39 is 11.2 Å². The van der Waals surface area contributed by atoms with Crippen LogP contribution in [0.2, 0.25) is 0 Å². The molecule has 17 heavy (non-hydrogen) atoms. The number of nitrogens with one attached hydrogen (secondary N) is 1. The number of aromatic amines is 1. The lowest BCUT2D eigenvalue weighted by atomic mass is 9.95. The van der Waals surface area contributed by atoms with Gasteiger partial charge in [-0.1, -0.05) is 19.3 Å². The van der Waals surface area contributed by atoms with E-state index >= 15 is 0 Å². The molecule has 5 nitrogen and oxygen atoms in total. The molecule has 0 radical (unpaired) electrons. The van der Waals surface area contributed by atoms with Crippen molar-refractivity contribution in [2.24, 2.45) is 0 Å². The summed E-state index contributed by atoms with van der Waals surface area (Å²) in [6.45, 7) is 1.33. The van der Waals surface area contributed by atoms with Gasteiger partial charge in [-0.3, -0.25) is 19.1 Å². The van der Waals surface area contributed by atoms with Crippen molar-refractivity contribution in [3.05, 3.63) is 32.6 Å². The molecule has 0 saturated heterocycles. The van der Waals surface area contributed by atoms with Gasteiger partial charge in [0.1, 0.15) is 0 Å².